The summed E-state index contributed by atoms with van der Waals surface area (Å²) in [6.07, 6.45) is -7.71. The predicted molar refractivity (Wildman–Crippen MR) is 207 cm³/mol. The number of allylic oxidation sites excluding steroid dienone is 1. The van der Waals surface area contributed by atoms with Gasteiger partial charge in [0.25, 0.3) is 0 Å². The third kappa shape index (κ3) is 7.71. The van der Waals surface area contributed by atoms with Crippen LogP contribution in [0.2, 0.25) is 0 Å². The highest BCUT2D eigenvalue weighted by atomic mass is 16.6. The van der Waals surface area contributed by atoms with Crippen molar-refractivity contribution in [2.75, 3.05) is 20.8 Å². The van der Waals surface area contributed by atoms with Gasteiger partial charge in [-0.05, 0) is 71.7 Å². The molecule has 4 aliphatic rings. The Balaban J connectivity index is 1.71. The number of Topliss-reactive ketones (excluding diaryl/α,β-unsaturated/α-hetero) is 1. The van der Waals surface area contributed by atoms with Gasteiger partial charge in [-0.3, -0.25) is 9.59 Å². The molecular formula is C43H59NO14. The minimum Gasteiger partial charge on any atom is -0.456 e. The molecule has 3 N–H and O–H groups in total. The van der Waals surface area contributed by atoms with Gasteiger partial charge in [0.05, 0.1) is 35.6 Å². The second kappa shape index (κ2) is 16.1. The highest BCUT2D eigenvalue weighted by Gasteiger charge is 2.78. The van der Waals surface area contributed by atoms with Gasteiger partial charge in [0.15, 0.2) is 17.5 Å². The first kappa shape index (κ1) is 44.9. The zero-order chi connectivity index (χ0) is 43.3. The van der Waals surface area contributed by atoms with Crippen LogP contribution in [0.15, 0.2) is 53.1 Å². The number of esters is 3. The summed E-state index contributed by atoms with van der Waals surface area (Å²) in [5.74, 6) is -4.49. The van der Waals surface area contributed by atoms with Crippen molar-refractivity contribution in [3.8, 4) is 0 Å². The number of ether oxygens (including phenoxy) is 7. The van der Waals surface area contributed by atoms with Crippen molar-refractivity contribution in [3.63, 3.8) is 0 Å². The zero-order valence-corrected chi connectivity index (χ0v) is 35.5. The van der Waals surface area contributed by atoms with Crippen molar-refractivity contribution in [2.24, 2.45) is 16.7 Å². The maximum absolute atomic E-state index is 15.5. The molecule has 1 aliphatic heterocycles. The Morgan fingerprint density at radius 1 is 1.00 bits per heavy atom. The molecule has 58 heavy (non-hydrogen) atoms. The summed E-state index contributed by atoms with van der Waals surface area (Å²) in [5, 5.41) is 27.6. The van der Waals surface area contributed by atoms with E-state index < -0.39 is 112 Å². The van der Waals surface area contributed by atoms with Crippen LogP contribution in [0.4, 0.5) is 4.79 Å². The van der Waals surface area contributed by atoms with Crippen molar-refractivity contribution in [2.45, 2.75) is 142 Å². The van der Waals surface area contributed by atoms with E-state index in [0.29, 0.717) is 11.1 Å². The van der Waals surface area contributed by atoms with E-state index in [1.54, 1.807) is 80.5 Å². The van der Waals surface area contributed by atoms with Crippen LogP contribution in [0.3, 0.4) is 0 Å². The van der Waals surface area contributed by atoms with Crippen LogP contribution >= 0.6 is 0 Å². The highest BCUT2D eigenvalue weighted by molar-refractivity contribution is 5.94. The lowest BCUT2D eigenvalue weighted by atomic mass is 9.44. The number of rotatable bonds is 10. The molecule has 1 amide bonds. The topological polar surface area (TPSA) is 202 Å². The molecule has 1 aromatic rings. The van der Waals surface area contributed by atoms with E-state index in [9.17, 15) is 29.4 Å². The Kier molecular flexibility index (Phi) is 12.5. The van der Waals surface area contributed by atoms with Crippen LogP contribution in [-0.2, 0) is 47.5 Å². The molecule has 1 aromatic carbocycles. The minimum absolute atomic E-state index is 0.125. The number of hydrogen-bond donors (Lipinski definition) is 3. The fourth-order valence-corrected chi connectivity index (χ4v) is 9.66. The molecule has 0 aromatic heterocycles. The maximum atomic E-state index is 15.5. The monoisotopic (exact) mass is 813 g/mol. The lowest BCUT2D eigenvalue weighted by Gasteiger charge is -2.67. The SMILES string of the molecule is CO[C@H]1C(=O)[C@]2(C)[C@@H](OC)C[C@H]3OC[C@@]3(OC(C)=O)[C@H]2[C@H](OC(=O)c2ccccc2)[C@]2(O)C[C@H](OC(=O)[C@H](O)[C@H](C=C(C)C)NC(=O)OC(C)(C)C)C(C)=C1C2(C)C. The summed E-state index contributed by atoms with van der Waals surface area (Å²) in [6, 6.07) is 6.81. The smallest absolute Gasteiger partial charge is 0.408 e. The maximum Gasteiger partial charge on any atom is 0.408 e. The molecule has 15 heteroatoms. The molecule has 5 rings (SSSR count). The largest absolute Gasteiger partial charge is 0.456 e. The lowest BCUT2D eigenvalue weighted by Crippen LogP contribution is -2.82. The molecule has 2 saturated carbocycles. The number of carbonyl (C=O) groups excluding carboxylic acids is 5. The van der Waals surface area contributed by atoms with Crippen LogP contribution in [0.1, 0.15) is 92.4 Å². The number of nitrogens with one attached hydrogen (secondary N) is 1. The Morgan fingerprint density at radius 3 is 2.16 bits per heavy atom. The third-order valence-electron chi connectivity index (χ3n) is 12.4. The van der Waals surface area contributed by atoms with Gasteiger partial charge in [0.2, 0.25) is 0 Å². The van der Waals surface area contributed by atoms with Crippen LogP contribution < -0.4 is 5.32 Å². The third-order valence-corrected chi connectivity index (χ3v) is 12.4. The van der Waals surface area contributed by atoms with E-state index in [2.05, 4.69) is 5.32 Å². The summed E-state index contributed by atoms with van der Waals surface area (Å²) in [6.45, 7) is 16.1. The number of methoxy groups -OCH3 is 2. The number of amides is 1. The number of alkyl carbamates (subject to hydrolysis) is 1. The first-order valence-electron chi connectivity index (χ1n) is 19.5. The van der Waals surface area contributed by atoms with E-state index in [1.807, 2.05) is 0 Å². The van der Waals surface area contributed by atoms with E-state index in [0.717, 1.165) is 0 Å². The van der Waals surface area contributed by atoms with Gasteiger partial charge < -0.3 is 48.7 Å². The van der Waals surface area contributed by atoms with E-state index in [1.165, 1.54) is 39.4 Å². The molecular weight excluding hydrogens is 754 g/mol. The first-order valence-corrected chi connectivity index (χ1v) is 19.5. The van der Waals surface area contributed by atoms with Crippen molar-refractivity contribution in [1.82, 2.24) is 5.32 Å². The van der Waals surface area contributed by atoms with Gasteiger partial charge in [-0.2, -0.15) is 0 Å². The summed E-state index contributed by atoms with van der Waals surface area (Å²) in [7, 11) is 2.78. The van der Waals surface area contributed by atoms with Crippen LogP contribution in [0.5, 0.6) is 0 Å². The van der Waals surface area contributed by atoms with Crippen molar-refractivity contribution in [3.05, 3.63) is 58.7 Å². The zero-order valence-electron chi connectivity index (χ0n) is 35.5. The van der Waals surface area contributed by atoms with E-state index >= 15 is 4.79 Å². The highest BCUT2D eigenvalue weighted by Crippen LogP contribution is 2.64. The number of hydrogen-bond acceptors (Lipinski definition) is 14. The van der Waals surface area contributed by atoms with Crippen molar-refractivity contribution < 1.29 is 67.3 Å². The van der Waals surface area contributed by atoms with Gasteiger partial charge in [0, 0.05) is 39.4 Å². The summed E-state index contributed by atoms with van der Waals surface area (Å²) >= 11 is 0. The van der Waals surface area contributed by atoms with Crippen LogP contribution in [0.25, 0.3) is 0 Å². The second-order valence-corrected chi connectivity index (χ2v) is 17.9. The van der Waals surface area contributed by atoms with Gasteiger partial charge in [-0.25, -0.2) is 14.4 Å². The van der Waals surface area contributed by atoms with Crippen molar-refractivity contribution in [1.29, 1.82) is 0 Å². The molecule has 3 fully saturated rings. The Hall–Kier alpha value is -4.15. The number of aliphatic hydroxyl groups is 2. The molecule has 15 nitrogen and oxygen atoms in total. The van der Waals surface area contributed by atoms with Gasteiger partial charge in [-0.15, -0.1) is 0 Å². The van der Waals surface area contributed by atoms with Gasteiger partial charge in [-0.1, -0.05) is 43.7 Å². The molecule has 1 saturated heterocycles. The molecule has 3 aliphatic carbocycles. The Bertz CT molecular complexity index is 1850. The number of carbonyl (C=O) groups is 5. The molecule has 2 bridgehead atoms. The number of aliphatic hydroxyl groups excluding tert-OH is 1. The van der Waals surface area contributed by atoms with Crippen molar-refractivity contribution >= 4 is 29.8 Å². The summed E-state index contributed by atoms with van der Waals surface area (Å²) in [4.78, 5) is 69.5. The molecule has 0 unspecified atom stereocenters. The average molecular weight is 814 g/mol. The predicted octanol–water partition coefficient (Wildman–Crippen LogP) is 4.16. The molecule has 11 atom stereocenters. The molecule has 0 spiro atoms. The molecule has 1 heterocycles. The quantitative estimate of drug-likeness (QED) is 0.173. The molecule has 320 valence electrons. The normalized spacial score (nSPS) is 33.7. The molecule has 0 radical (unpaired) electrons. The standard InChI is InChI=1S/C43H59NO14/c1-22(2)18-26(44-38(50)58-39(5,6)7)31(46)37(49)55-27-20-43(51)35(56-36(48)25-16-14-13-15-17-25)33-41(10,34(47)32(53-12)30(23(27)3)40(43,8)9)28(52-11)19-29-42(33,21-54-29)57-24(4)45/h13-18,26-29,31-33,35,46,51H,19-21H2,1-12H3,(H,44,50)/t26-,27-,28-,29+,31+,32+,33-,35-,41+,42-,43+/m0/s1. The van der Waals surface area contributed by atoms with Gasteiger partial charge in [0.1, 0.15) is 35.6 Å². The number of fused-ring (bicyclic) bond motifs is 5. The van der Waals surface area contributed by atoms with Crippen LogP contribution in [0, 0.1) is 16.7 Å². The average Bonchev–Trinajstić information content (AvgIpc) is 3.12. The summed E-state index contributed by atoms with van der Waals surface area (Å²) in [5.41, 5.74) is -6.34. The van der Waals surface area contributed by atoms with E-state index in [-0.39, 0.29) is 24.2 Å². The van der Waals surface area contributed by atoms with Gasteiger partial charge >= 0.3 is 24.0 Å². The van der Waals surface area contributed by atoms with Crippen LogP contribution in [-0.4, -0.2) is 120 Å². The Labute approximate surface area is 339 Å². The first-order chi connectivity index (χ1) is 26.9. The second-order valence-electron chi connectivity index (χ2n) is 17.9. The number of benzene rings is 1. The lowest BCUT2D eigenvalue weighted by molar-refractivity contribution is -0.347. The number of ketones is 1. The van der Waals surface area contributed by atoms with E-state index in [4.69, 9.17) is 33.2 Å². The minimum atomic E-state index is -2.21. The Morgan fingerprint density at radius 2 is 1.64 bits per heavy atom. The fraction of sp³-hybridized carbons (Fsp3) is 0.651. The fourth-order valence-electron chi connectivity index (χ4n) is 9.66. The summed E-state index contributed by atoms with van der Waals surface area (Å²) < 4.78 is 42.1.